The lowest BCUT2D eigenvalue weighted by molar-refractivity contribution is -0.117. The molecule has 1 amide bonds. The van der Waals surface area contributed by atoms with Crippen LogP contribution < -0.4 is 5.73 Å². The highest BCUT2D eigenvalue weighted by molar-refractivity contribution is 9.10. The number of thioether (sulfide) groups is 1. The molecule has 1 rings (SSSR count). The van der Waals surface area contributed by atoms with Crippen LogP contribution in [0.5, 0.6) is 0 Å². The number of carbonyl (C=O) groups is 1. The summed E-state index contributed by atoms with van der Waals surface area (Å²) < 4.78 is 13.7. The molecule has 82 valence electrons. The molecule has 0 unspecified atom stereocenters. The van der Waals surface area contributed by atoms with E-state index < -0.39 is 0 Å². The van der Waals surface area contributed by atoms with Crippen molar-refractivity contribution in [3.63, 3.8) is 0 Å². The third kappa shape index (κ3) is 5.18. The van der Waals surface area contributed by atoms with Crippen LogP contribution in [0.1, 0.15) is 12.0 Å². The van der Waals surface area contributed by atoms with E-state index in [-0.39, 0.29) is 11.7 Å². The fraction of sp³-hybridized carbons (Fsp3) is 0.300. The van der Waals surface area contributed by atoms with Gasteiger partial charge in [0.2, 0.25) is 5.91 Å². The summed E-state index contributed by atoms with van der Waals surface area (Å²) in [5, 5.41) is 0. The van der Waals surface area contributed by atoms with E-state index in [2.05, 4.69) is 15.9 Å². The Morgan fingerprint density at radius 3 is 2.80 bits per heavy atom. The highest BCUT2D eigenvalue weighted by Gasteiger charge is 2.00. The Hall–Kier alpha value is -0.550. The van der Waals surface area contributed by atoms with Crippen LogP contribution in [-0.2, 0) is 10.5 Å². The van der Waals surface area contributed by atoms with E-state index in [9.17, 15) is 9.18 Å². The van der Waals surface area contributed by atoms with Crippen LogP contribution in [0.25, 0.3) is 0 Å². The molecular formula is C10H11BrFNOS. The first-order valence-corrected chi connectivity index (χ1v) is 6.33. The zero-order valence-electron chi connectivity index (χ0n) is 8.00. The molecule has 5 heteroatoms. The zero-order valence-corrected chi connectivity index (χ0v) is 10.4. The van der Waals surface area contributed by atoms with Crippen LogP contribution in [0.2, 0.25) is 0 Å². The molecule has 0 aliphatic rings. The monoisotopic (exact) mass is 291 g/mol. The summed E-state index contributed by atoms with van der Waals surface area (Å²) in [6.07, 6.45) is 0.362. The summed E-state index contributed by atoms with van der Waals surface area (Å²) in [5.74, 6) is 0.797. The van der Waals surface area contributed by atoms with Gasteiger partial charge in [0.15, 0.2) is 0 Å². The summed E-state index contributed by atoms with van der Waals surface area (Å²) in [6, 6.07) is 4.76. The van der Waals surface area contributed by atoms with Gasteiger partial charge >= 0.3 is 0 Å². The fourth-order valence-corrected chi connectivity index (χ4v) is 2.46. The minimum absolute atomic E-state index is 0.255. The van der Waals surface area contributed by atoms with Crippen molar-refractivity contribution in [2.45, 2.75) is 12.2 Å². The molecule has 0 radical (unpaired) electrons. The van der Waals surface area contributed by atoms with Gasteiger partial charge in [-0.2, -0.15) is 11.8 Å². The predicted octanol–water partition coefficient (Wildman–Crippen LogP) is 2.70. The molecule has 2 N–H and O–H groups in total. The van der Waals surface area contributed by atoms with Gasteiger partial charge in [0, 0.05) is 22.4 Å². The first-order valence-electron chi connectivity index (χ1n) is 4.39. The van der Waals surface area contributed by atoms with E-state index in [1.165, 1.54) is 12.1 Å². The largest absolute Gasteiger partial charge is 0.370 e. The van der Waals surface area contributed by atoms with Crippen molar-refractivity contribution in [1.29, 1.82) is 0 Å². The SMILES string of the molecule is NC(=O)CCSCc1cc(F)cc(Br)c1. The standard InChI is InChI=1S/C10H11BrFNOS/c11-8-3-7(4-9(12)5-8)6-15-2-1-10(13)14/h3-5H,1-2,6H2,(H2,13,14). The summed E-state index contributed by atoms with van der Waals surface area (Å²) >= 11 is 4.79. The first kappa shape index (κ1) is 12.5. The molecular weight excluding hydrogens is 281 g/mol. The molecule has 0 aromatic heterocycles. The molecule has 0 aliphatic carbocycles. The summed E-state index contributed by atoms with van der Waals surface area (Å²) in [4.78, 5) is 10.5. The summed E-state index contributed by atoms with van der Waals surface area (Å²) in [6.45, 7) is 0. The van der Waals surface area contributed by atoms with E-state index in [0.717, 1.165) is 10.0 Å². The van der Waals surface area contributed by atoms with Crippen LogP contribution in [0.3, 0.4) is 0 Å². The van der Waals surface area contributed by atoms with E-state index in [0.29, 0.717) is 17.9 Å². The lowest BCUT2D eigenvalue weighted by Crippen LogP contribution is -2.10. The predicted molar refractivity (Wildman–Crippen MR) is 64.1 cm³/mol. The topological polar surface area (TPSA) is 43.1 Å². The van der Waals surface area contributed by atoms with Crippen molar-refractivity contribution in [2.24, 2.45) is 5.73 Å². The molecule has 2 nitrogen and oxygen atoms in total. The van der Waals surface area contributed by atoms with Crippen LogP contribution >= 0.6 is 27.7 Å². The highest BCUT2D eigenvalue weighted by Crippen LogP contribution is 2.19. The number of hydrogen-bond acceptors (Lipinski definition) is 2. The molecule has 0 saturated carbocycles. The third-order valence-corrected chi connectivity index (χ3v) is 3.17. The second kappa shape index (κ2) is 6.12. The molecule has 0 fully saturated rings. The van der Waals surface area contributed by atoms with Gasteiger partial charge in [-0.25, -0.2) is 4.39 Å². The van der Waals surface area contributed by atoms with Gasteiger partial charge in [0.05, 0.1) is 0 Å². The Morgan fingerprint density at radius 2 is 2.20 bits per heavy atom. The van der Waals surface area contributed by atoms with Gasteiger partial charge < -0.3 is 5.73 Å². The molecule has 0 spiro atoms. The maximum Gasteiger partial charge on any atom is 0.218 e. The van der Waals surface area contributed by atoms with Crippen LogP contribution in [0, 0.1) is 5.82 Å². The van der Waals surface area contributed by atoms with E-state index in [1.54, 1.807) is 11.8 Å². The Balaban J connectivity index is 2.40. The van der Waals surface area contributed by atoms with Crippen LogP contribution in [0.15, 0.2) is 22.7 Å². The number of primary amides is 1. The molecule has 1 aromatic carbocycles. The Morgan fingerprint density at radius 1 is 1.47 bits per heavy atom. The molecule has 0 aliphatic heterocycles. The minimum Gasteiger partial charge on any atom is -0.370 e. The van der Waals surface area contributed by atoms with Crippen LogP contribution in [-0.4, -0.2) is 11.7 Å². The van der Waals surface area contributed by atoms with Crippen molar-refractivity contribution in [3.05, 3.63) is 34.1 Å². The molecule has 1 aromatic rings. The summed E-state index contributed by atoms with van der Waals surface area (Å²) in [7, 11) is 0. The number of halogens is 2. The van der Waals surface area contributed by atoms with E-state index in [4.69, 9.17) is 5.73 Å². The van der Waals surface area contributed by atoms with Crippen molar-refractivity contribution in [3.8, 4) is 0 Å². The number of hydrogen-bond donors (Lipinski definition) is 1. The number of carbonyl (C=O) groups excluding carboxylic acids is 1. The van der Waals surface area contributed by atoms with Gasteiger partial charge in [-0.05, 0) is 23.8 Å². The molecule has 0 bridgehead atoms. The van der Waals surface area contributed by atoms with Crippen molar-refractivity contribution in [1.82, 2.24) is 0 Å². The lowest BCUT2D eigenvalue weighted by atomic mass is 10.2. The van der Waals surface area contributed by atoms with E-state index in [1.807, 2.05) is 6.07 Å². The second-order valence-corrected chi connectivity index (χ2v) is 5.07. The maximum atomic E-state index is 13.0. The number of amides is 1. The number of rotatable bonds is 5. The van der Waals surface area contributed by atoms with Gasteiger partial charge in [0.1, 0.15) is 5.82 Å². The Kier molecular flexibility index (Phi) is 5.11. The number of benzene rings is 1. The number of nitrogens with two attached hydrogens (primary N) is 1. The lowest BCUT2D eigenvalue weighted by Gasteiger charge is -2.02. The van der Waals surface area contributed by atoms with Gasteiger partial charge in [-0.3, -0.25) is 4.79 Å². The fourth-order valence-electron chi connectivity index (χ4n) is 1.06. The molecule has 0 saturated heterocycles. The maximum absolute atomic E-state index is 13.0. The van der Waals surface area contributed by atoms with Crippen LogP contribution in [0.4, 0.5) is 4.39 Å². The highest BCUT2D eigenvalue weighted by atomic mass is 79.9. The Labute approximate surface area is 101 Å². The minimum atomic E-state index is -0.303. The van der Waals surface area contributed by atoms with Crippen molar-refractivity contribution in [2.75, 3.05) is 5.75 Å². The normalized spacial score (nSPS) is 10.3. The van der Waals surface area contributed by atoms with Gasteiger partial charge in [0.25, 0.3) is 0 Å². The van der Waals surface area contributed by atoms with Gasteiger partial charge in [-0.15, -0.1) is 0 Å². The second-order valence-electron chi connectivity index (χ2n) is 3.05. The average molecular weight is 292 g/mol. The summed E-state index contributed by atoms with van der Waals surface area (Å²) in [5.41, 5.74) is 5.90. The van der Waals surface area contributed by atoms with Crippen molar-refractivity contribution >= 4 is 33.6 Å². The van der Waals surface area contributed by atoms with E-state index >= 15 is 0 Å². The Bertz CT molecular complexity index is 339. The quantitative estimate of drug-likeness (QED) is 0.848. The van der Waals surface area contributed by atoms with Gasteiger partial charge in [-0.1, -0.05) is 15.9 Å². The molecule has 15 heavy (non-hydrogen) atoms. The van der Waals surface area contributed by atoms with Crippen molar-refractivity contribution < 1.29 is 9.18 Å². The third-order valence-electron chi connectivity index (χ3n) is 1.68. The molecule has 0 atom stereocenters. The average Bonchev–Trinajstić information content (AvgIpc) is 2.10. The zero-order chi connectivity index (χ0) is 11.3. The first-order chi connectivity index (χ1) is 7.08. The molecule has 0 heterocycles. The smallest absolute Gasteiger partial charge is 0.218 e.